The van der Waals surface area contributed by atoms with Crippen molar-refractivity contribution in [1.29, 1.82) is 0 Å². The van der Waals surface area contributed by atoms with Crippen LogP contribution in [-0.2, 0) is 21.1 Å². The van der Waals surface area contributed by atoms with Crippen molar-refractivity contribution in [2.45, 2.75) is 0 Å². The van der Waals surface area contributed by atoms with E-state index in [1.165, 1.54) is 5.39 Å². The smallest absolute Gasteiger partial charge is 1.00 e. The minimum absolute atomic E-state index is 0. The summed E-state index contributed by atoms with van der Waals surface area (Å²) in [4.78, 5) is 12.5. The number of rotatable bonds is 0. The van der Waals surface area contributed by atoms with Crippen molar-refractivity contribution in [3.63, 3.8) is 0 Å². The minimum atomic E-state index is -1.75. The van der Waals surface area contributed by atoms with Crippen LogP contribution in [0.1, 0.15) is 0 Å². The Bertz CT molecular complexity index is 488. The first-order valence-corrected chi connectivity index (χ1v) is 4.70. The molecule has 2 rings (SSSR count). The number of halogens is 2. The molecule has 1 heterocycles. The Morgan fingerprint density at radius 1 is 1.16 bits per heavy atom. The van der Waals surface area contributed by atoms with Gasteiger partial charge in [-0.05, 0) is 28.1 Å². The van der Waals surface area contributed by atoms with Gasteiger partial charge in [-0.2, -0.15) is 0 Å². The van der Waals surface area contributed by atoms with Gasteiger partial charge in [0.2, 0.25) is 0 Å². The Balaban J connectivity index is -0.000000127. The van der Waals surface area contributed by atoms with Gasteiger partial charge in [0.1, 0.15) is 0 Å². The van der Waals surface area contributed by atoms with E-state index in [2.05, 4.69) is 27.0 Å². The van der Waals surface area contributed by atoms with Gasteiger partial charge in [-0.15, -0.1) is 0 Å². The predicted molar refractivity (Wildman–Crippen MR) is 70.4 cm³/mol. The van der Waals surface area contributed by atoms with Crippen LogP contribution in [0, 0.1) is 15.3 Å². The van der Waals surface area contributed by atoms with Gasteiger partial charge in [-0.3, -0.25) is 4.98 Å². The topological polar surface area (TPSA) is 146 Å². The van der Waals surface area contributed by atoms with E-state index < -0.39 is 5.09 Å². The maximum Gasteiger partial charge on any atom is 4.00 e. The summed E-state index contributed by atoms with van der Waals surface area (Å²) in [6.45, 7) is 0. The van der Waals surface area contributed by atoms with Crippen LogP contribution in [0.5, 0.6) is 0 Å². The zero-order valence-corrected chi connectivity index (χ0v) is 13.9. The molecule has 0 aliphatic carbocycles. The van der Waals surface area contributed by atoms with Crippen molar-refractivity contribution in [2.24, 2.45) is 0 Å². The van der Waals surface area contributed by atoms with Crippen LogP contribution >= 0.6 is 15.9 Å². The predicted octanol–water partition coefficient (Wildman–Crippen LogP) is 1.19. The molecule has 2 aromatic rings. The largest absolute Gasteiger partial charge is 4.00 e. The molecular weight excluding hydrogens is 523 g/mol. The third-order valence-corrected chi connectivity index (χ3v) is 1.99. The normalized spacial score (nSPS) is 7.21. The van der Waals surface area contributed by atoms with Crippen LogP contribution < -0.4 is 12.4 Å². The van der Waals surface area contributed by atoms with Gasteiger partial charge >= 0.3 is 21.1 Å². The number of hydrogen-bond acceptors (Lipinski definition) is 4. The zero-order valence-electron chi connectivity index (χ0n) is 9.31. The number of nitrogens with zero attached hydrogens (tertiary/aromatic N) is 2. The second-order valence-electron chi connectivity index (χ2n) is 2.57. The zero-order chi connectivity index (χ0) is 11.3. The van der Waals surface area contributed by atoms with Gasteiger partial charge in [0.05, 0.1) is 10.6 Å². The van der Waals surface area contributed by atoms with Crippen LogP contribution in [0.25, 0.3) is 23.2 Å². The van der Waals surface area contributed by atoms with Gasteiger partial charge < -0.3 is 40.0 Å². The molecule has 0 amide bonds. The maximum absolute atomic E-state index is 8.25. The summed E-state index contributed by atoms with van der Waals surface area (Å²) in [5.74, 6) is 0. The van der Waals surface area contributed by atoms with E-state index in [1.54, 1.807) is 0 Å². The molecule has 7 nitrogen and oxygen atoms in total. The molecule has 0 saturated heterocycles. The summed E-state index contributed by atoms with van der Waals surface area (Å²) >= 11 is 3.37. The summed E-state index contributed by atoms with van der Waals surface area (Å²) in [5.41, 5.74) is 1.04. The van der Waals surface area contributed by atoms with Crippen LogP contribution in [0.4, 0.5) is 0 Å². The van der Waals surface area contributed by atoms with Gasteiger partial charge in [0.15, 0.2) is 0 Å². The van der Waals surface area contributed by atoms with E-state index in [1.807, 2.05) is 30.5 Å². The standard InChI is InChI=1S/C9H6BrN.ClH.NO3.2H2N.Pt/c10-8-5-7-3-1-2-4-9(7)11-6-8;;2-1(3)4;;;/h1-6H;1H;;2*1H2;/q;;3*-1;+4/p-1. The van der Waals surface area contributed by atoms with Crippen molar-refractivity contribution >= 4 is 26.8 Å². The van der Waals surface area contributed by atoms with Crippen molar-refractivity contribution < 1.29 is 38.6 Å². The van der Waals surface area contributed by atoms with Crippen molar-refractivity contribution in [3.05, 3.63) is 68.6 Å². The molecule has 0 saturated carbocycles. The van der Waals surface area contributed by atoms with Crippen LogP contribution in [0.3, 0.4) is 0 Å². The van der Waals surface area contributed by atoms with E-state index >= 15 is 0 Å². The average Bonchev–Trinajstić information content (AvgIpc) is 2.16. The molecule has 108 valence electrons. The second-order valence-corrected chi connectivity index (χ2v) is 3.49. The third kappa shape index (κ3) is 10.8. The fraction of sp³-hybridized carbons (Fsp3) is 0. The number of para-hydroxylation sites is 1. The number of fused-ring (bicyclic) bond motifs is 1. The van der Waals surface area contributed by atoms with E-state index in [-0.39, 0.29) is 45.8 Å². The summed E-state index contributed by atoms with van der Waals surface area (Å²) in [6, 6.07) is 10.1. The number of hydrogen-bond donors (Lipinski definition) is 0. The van der Waals surface area contributed by atoms with E-state index in [4.69, 9.17) is 15.3 Å². The molecule has 0 atom stereocenters. The first-order chi connectivity index (χ1) is 7.09. The molecular formula is C9H10BrClN4O3Pt. The summed E-state index contributed by atoms with van der Waals surface area (Å²) in [6.07, 6.45) is 1.81. The van der Waals surface area contributed by atoms with Crippen LogP contribution in [0.2, 0.25) is 0 Å². The van der Waals surface area contributed by atoms with E-state index in [9.17, 15) is 0 Å². The maximum atomic E-state index is 8.25. The van der Waals surface area contributed by atoms with Gasteiger partial charge in [-0.25, -0.2) is 0 Å². The Morgan fingerprint density at radius 3 is 2.16 bits per heavy atom. The van der Waals surface area contributed by atoms with E-state index in [0.29, 0.717) is 0 Å². The second kappa shape index (κ2) is 13.6. The molecule has 0 fully saturated rings. The minimum Gasteiger partial charge on any atom is -1.00 e. The first-order valence-electron chi connectivity index (χ1n) is 3.91. The molecule has 19 heavy (non-hydrogen) atoms. The molecule has 0 spiro atoms. The monoisotopic (exact) mass is 531 g/mol. The van der Waals surface area contributed by atoms with Crippen LogP contribution in [-0.4, -0.2) is 10.1 Å². The quantitative estimate of drug-likeness (QED) is 0.370. The number of nitrogens with two attached hydrogens (primary N) is 2. The number of benzene rings is 1. The fourth-order valence-corrected chi connectivity index (χ4v) is 1.39. The third-order valence-electron chi connectivity index (χ3n) is 1.56. The average molecular weight is 533 g/mol. The molecule has 0 unspecified atom stereocenters. The Hall–Kier alpha value is -0.792. The molecule has 10 heteroatoms. The molecule has 4 N–H and O–H groups in total. The molecule has 0 aliphatic rings. The fourth-order valence-electron chi connectivity index (χ4n) is 1.04. The number of pyridine rings is 1. The van der Waals surface area contributed by atoms with Gasteiger partial charge in [0.25, 0.3) is 0 Å². The Kier molecular flexibility index (Phi) is 19.2. The molecule has 1 aromatic heterocycles. The summed E-state index contributed by atoms with van der Waals surface area (Å²) in [7, 11) is 0. The summed E-state index contributed by atoms with van der Waals surface area (Å²) in [5, 5.41) is 15.9. The molecule has 1 aromatic carbocycles. The van der Waals surface area contributed by atoms with Crippen molar-refractivity contribution in [1.82, 2.24) is 4.98 Å². The molecule has 0 aliphatic heterocycles. The van der Waals surface area contributed by atoms with Crippen molar-refractivity contribution in [2.75, 3.05) is 0 Å². The number of aromatic nitrogens is 1. The SMILES string of the molecule is Brc1cnc2ccccc2c1.O=[N+]([O-])[O-].[Cl-].[NH2-].[NH2-].[Pt+4]. The van der Waals surface area contributed by atoms with Gasteiger partial charge in [0, 0.05) is 16.1 Å². The summed E-state index contributed by atoms with van der Waals surface area (Å²) < 4.78 is 1.02. The molecule has 0 bridgehead atoms. The molecule has 0 radical (unpaired) electrons. The van der Waals surface area contributed by atoms with Gasteiger partial charge in [-0.1, -0.05) is 18.2 Å². The van der Waals surface area contributed by atoms with Crippen LogP contribution in [0.15, 0.2) is 41.0 Å². The Labute approximate surface area is 138 Å². The first kappa shape index (κ1) is 26.7. The Morgan fingerprint density at radius 2 is 1.63 bits per heavy atom. The van der Waals surface area contributed by atoms with Crippen molar-refractivity contribution in [3.8, 4) is 0 Å². The van der Waals surface area contributed by atoms with E-state index in [0.717, 1.165) is 9.99 Å².